The summed E-state index contributed by atoms with van der Waals surface area (Å²) in [4.78, 5) is 20.9. The predicted octanol–water partition coefficient (Wildman–Crippen LogP) is -0.676. The number of carboxylic acid groups (broad SMARTS) is 1. The Morgan fingerprint density at radius 1 is 1.38 bits per heavy atom. The Morgan fingerprint density at radius 2 is 2.21 bits per heavy atom. The number of hydrogen-bond donors (Lipinski definition) is 3. The molecule has 0 bridgehead atoms. The smallest absolute Gasteiger partial charge is 0.303 e. The number of aliphatic carboxylic acids is 1. The number of rotatable bonds is 7. The minimum Gasteiger partial charge on any atom is -0.493 e. The van der Waals surface area contributed by atoms with Crippen LogP contribution in [0.25, 0.3) is 5.88 Å². The number of aliphatic hydroxyl groups is 2. The van der Waals surface area contributed by atoms with Gasteiger partial charge in [0.05, 0.1) is 19.0 Å². The van der Waals surface area contributed by atoms with Crippen molar-refractivity contribution < 1.29 is 24.9 Å². The van der Waals surface area contributed by atoms with Gasteiger partial charge in [0.15, 0.2) is 10.8 Å². The van der Waals surface area contributed by atoms with E-state index >= 15 is 0 Å². The van der Waals surface area contributed by atoms with Gasteiger partial charge in [-0.1, -0.05) is 0 Å². The SMILES string of the molecule is O=C(O)CCCCN1CN=c2c(ncn2[C@H]2CC[C@@H](CO)O2)=C1O. The van der Waals surface area contributed by atoms with E-state index < -0.39 is 5.97 Å². The number of ether oxygens (including phenoxy) is 1. The number of carboxylic acids is 1. The Balaban J connectivity index is 1.71. The van der Waals surface area contributed by atoms with Crippen molar-refractivity contribution in [1.29, 1.82) is 0 Å². The van der Waals surface area contributed by atoms with Crippen LogP contribution in [0.4, 0.5) is 0 Å². The number of nitrogens with zero attached hydrogens (tertiary/aromatic N) is 4. The van der Waals surface area contributed by atoms with E-state index in [4.69, 9.17) is 9.84 Å². The van der Waals surface area contributed by atoms with Gasteiger partial charge in [0.1, 0.15) is 12.9 Å². The molecular formula is C15H22N4O5. The molecule has 3 N–H and O–H groups in total. The molecule has 9 nitrogen and oxygen atoms in total. The number of imidazole rings is 1. The van der Waals surface area contributed by atoms with Gasteiger partial charge in [-0.25, -0.2) is 9.98 Å². The summed E-state index contributed by atoms with van der Waals surface area (Å²) in [5.41, 5.74) is 0.581. The molecule has 0 unspecified atom stereocenters. The summed E-state index contributed by atoms with van der Waals surface area (Å²) in [5, 5.41) is 28.6. The highest BCUT2D eigenvalue weighted by molar-refractivity contribution is 5.66. The summed E-state index contributed by atoms with van der Waals surface area (Å²) >= 11 is 0. The van der Waals surface area contributed by atoms with Crippen LogP contribution in [-0.4, -0.2) is 61.7 Å². The van der Waals surface area contributed by atoms with Gasteiger partial charge in [0, 0.05) is 13.0 Å². The summed E-state index contributed by atoms with van der Waals surface area (Å²) < 4.78 is 7.53. The molecule has 9 heteroatoms. The molecule has 1 aromatic heterocycles. The van der Waals surface area contributed by atoms with Gasteiger partial charge in [0.2, 0.25) is 5.88 Å². The second-order valence-corrected chi connectivity index (χ2v) is 6.03. The summed E-state index contributed by atoms with van der Waals surface area (Å²) in [6.45, 7) is 0.821. The van der Waals surface area contributed by atoms with Crippen molar-refractivity contribution in [1.82, 2.24) is 14.5 Å². The number of carbonyl (C=O) groups is 1. The molecule has 2 aliphatic heterocycles. The molecule has 3 rings (SSSR count). The molecule has 2 atom stereocenters. The quantitative estimate of drug-likeness (QED) is 0.564. The number of hydrogen-bond acceptors (Lipinski definition) is 7. The lowest BCUT2D eigenvalue weighted by Crippen LogP contribution is -2.44. The molecule has 2 aliphatic rings. The van der Waals surface area contributed by atoms with Crippen molar-refractivity contribution in [3.63, 3.8) is 0 Å². The van der Waals surface area contributed by atoms with Crippen LogP contribution in [0.1, 0.15) is 38.3 Å². The first kappa shape index (κ1) is 16.7. The molecule has 0 spiro atoms. The van der Waals surface area contributed by atoms with Crippen molar-refractivity contribution >= 4 is 11.9 Å². The lowest BCUT2D eigenvalue weighted by atomic mass is 10.2. The lowest BCUT2D eigenvalue weighted by molar-refractivity contribution is -0.137. The number of aliphatic hydroxyl groups excluding tert-OH is 2. The van der Waals surface area contributed by atoms with Crippen LogP contribution in [0.15, 0.2) is 11.3 Å². The fraction of sp³-hybridized carbons (Fsp3) is 0.667. The molecule has 0 amide bonds. The molecule has 1 fully saturated rings. The van der Waals surface area contributed by atoms with Crippen LogP contribution >= 0.6 is 0 Å². The van der Waals surface area contributed by atoms with E-state index in [2.05, 4.69) is 9.98 Å². The highest BCUT2D eigenvalue weighted by atomic mass is 16.5. The molecule has 132 valence electrons. The Kier molecular flexibility index (Phi) is 5.00. The Hall–Kier alpha value is -2.13. The maximum Gasteiger partial charge on any atom is 0.303 e. The minimum atomic E-state index is -0.815. The normalized spacial score (nSPS) is 23.2. The summed E-state index contributed by atoms with van der Waals surface area (Å²) in [5.74, 6) is -0.754. The van der Waals surface area contributed by atoms with Crippen LogP contribution < -0.4 is 10.8 Å². The first-order valence-corrected chi connectivity index (χ1v) is 8.13. The first-order chi connectivity index (χ1) is 11.6. The maximum absolute atomic E-state index is 10.5. The third-order valence-electron chi connectivity index (χ3n) is 4.34. The van der Waals surface area contributed by atoms with Crippen molar-refractivity contribution in [3.8, 4) is 0 Å². The monoisotopic (exact) mass is 338 g/mol. The van der Waals surface area contributed by atoms with E-state index in [1.807, 2.05) is 0 Å². The van der Waals surface area contributed by atoms with E-state index in [0.717, 1.165) is 12.8 Å². The van der Waals surface area contributed by atoms with Gasteiger partial charge in [-0.2, -0.15) is 0 Å². The molecule has 24 heavy (non-hydrogen) atoms. The molecule has 1 saturated heterocycles. The van der Waals surface area contributed by atoms with Crippen molar-refractivity contribution in [2.75, 3.05) is 19.8 Å². The van der Waals surface area contributed by atoms with E-state index in [-0.39, 0.29) is 31.2 Å². The Labute approximate surface area is 138 Å². The second kappa shape index (κ2) is 7.18. The zero-order valence-electron chi connectivity index (χ0n) is 13.3. The highest BCUT2D eigenvalue weighted by Crippen LogP contribution is 2.26. The van der Waals surface area contributed by atoms with Crippen molar-refractivity contribution in [3.05, 3.63) is 17.2 Å². The van der Waals surface area contributed by atoms with Crippen molar-refractivity contribution in [2.24, 2.45) is 4.99 Å². The van der Waals surface area contributed by atoms with Gasteiger partial charge in [-0.05, 0) is 25.7 Å². The van der Waals surface area contributed by atoms with E-state index in [0.29, 0.717) is 36.9 Å². The third kappa shape index (κ3) is 3.36. The van der Waals surface area contributed by atoms with Gasteiger partial charge in [-0.3, -0.25) is 9.36 Å². The third-order valence-corrected chi connectivity index (χ3v) is 4.34. The summed E-state index contributed by atoms with van der Waals surface area (Å²) in [6.07, 6.45) is 4.09. The van der Waals surface area contributed by atoms with Gasteiger partial charge < -0.3 is 25.0 Å². The van der Waals surface area contributed by atoms with Crippen LogP contribution in [0.2, 0.25) is 0 Å². The maximum atomic E-state index is 10.5. The standard InChI is InChI=1S/C15H22N4O5/c20-7-10-4-5-11(24-10)19-9-16-13-14(19)17-8-18(15(13)23)6-2-1-3-12(21)22/h9-11,20,23H,1-8H2,(H,21,22)/t10-,11+/m0/s1. The van der Waals surface area contributed by atoms with E-state index in [1.165, 1.54) is 0 Å². The second-order valence-electron chi connectivity index (χ2n) is 6.03. The molecule has 0 aromatic carbocycles. The summed E-state index contributed by atoms with van der Waals surface area (Å²) in [7, 11) is 0. The molecule has 3 heterocycles. The topological polar surface area (TPSA) is 120 Å². The summed E-state index contributed by atoms with van der Waals surface area (Å²) in [6, 6.07) is 0. The van der Waals surface area contributed by atoms with Crippen LogP contribution in [-0.2, 0) is 9.53 Å². The molecule has 1 aromatic rings. The van der Waals surface area contributed by atoms with Crippen LogP contribution in [0, 0.1) is 0 Å². The van der Waals surface area contributed by atoms with Crippen LogP contribution in [0.5, 0.6) is 0 Å². The average Bonchev–Trinajstić information content (AvgIpc) is 3.19. The zero-order valence-corrected chi connectivity index (χ0v) is 13.3. The fourth-order valence-electron chi connectivity index (χ4n) is 3.03. The average molecular weight is 338 g/mol. The Morgan fingerprint density at radius 3 is 2.92 bits per heavy atom. The van der Waals surface area contributed by atoms with Gasteiger partial charge in [0.25, 0.3) is 0 Å². The largest absolute Gasteiger partial charge is 0.493 e. The highest BCUT2D eigenvalue weighted by Gasteiger charge is 2.28. The number of unbranched alkanes of at least 4 members (excludes halogenated alkanes) is 1. The van der Waals surface area contributed by atoms with E-state index in [9.17, 15) is 15.0 Å². The molecule has 0 aliphatic carbocycles. The van der Waals surface area contributed by atoms with E-state index in [1.54, 1.807) is 15.8 Å². The van der Waals surface area contributed by atoms with Crippen LogP contribution in [0.3, 0.4) is 0 Å². The number of fused-ring (bicyclic) bond motifs is 1. The molecule has 0 radical (unpaired) electrons. The van der Waals surface area contributed by atoms with Gasteiger partial charge >= 0.3 is 5.97 Å². The fourth-order valence-corrected chi connectivity index (χ4v) is 3.03. The lowest BCUT2D eigenvalue weighted by Gasteiger charge is -2.23. The predicted molar refractivity (Wildman–Crippen MR) is 82.3 cm³/mol. The van der Waals surface area contributed by atoms with Gasteiger partial charge in [-0.15, -0.1) is 0 Å². The number of aromatic nitrogens is 2. The molecular weight excluding hydrogens is 316 g/mol. The Bertz CT molecular complexity index is 716. The minimum absolute atomic E-state index is 0.00791. The first-order valence-electron chi connectivity index (χ1n) is 8.13. The van der Waals surface area contributed by atoms with Crippen molar-refractivity contribution in [2.45, 2.75) is 44.4 Å². The zero-order chi connectivity index (χ0) is 17.1. The molecule has 0 saturated carbocycles.